The van der Waals surface area contributed by atoms with Crippen LogP contribution in [-0.2, 0) is 6.54 Å². The molecular weight excluding hydrogens is 423 g/mol. The lowest BCUT2D eigenvalue weighted by Gasteiger charge is -2.10. The molecule has 0 radical (unpaired) electrons. The maximum atomic E-state index is 14.9. The van der Waals surface area contributed by atoms with E-state index < -0.39 is 40.6 Å². The van der Waals surface area contributed by atoms with Crippen LogP contribution in [0.2, 0.25) is 0 Å². The summed E-state index contributed by atoms with van der Waals surface area (Å²) in [5.74, 6) is -9.39. The molecule has 4 N–H and O–H groups in total. The molecule has 0 aliphatic rings. The Morgan fingerprint density at radius 1 is 0.935 bits per heavy atom. The summed E-state index contributed by atoms with van der Waals surface area (Å²) in [6, 6.07) is 3.17. The second-order valence-corrected chi connectivity index (χ2v) is 6.36. The van der Waals surface area contributed by atoms with Crippen molar-refractivity contribution in [2.45, 2.75) is 6.54 Å². The van der Waals surface area contributed by atoms with E-state index >= 15 is 0 Å². The molecule has 160 valence electrons. The smallest absolute Gasteiger partial charge is 0.204 e. The lowest BCUT2D eigenvalue weighted by atomic mass is 10.1. The number of ether oxygens (including phenoxy) is 1. The first-order valence-electron chi connectivity index (χ1n) is 8.79. The van der Waals surface area contributed by atoms with E-state index in [9.17, 15) is 22.0 Å². The second-order valence-electron chi connectivity index (χ2n) is 6.36. The molecule has 0 amide bonds. The molecule has 31 heavy (non-hydrogen) atoms. The Hall–Kier alpha value is -3.80. The van der Waals surface area contributed by atoms with Gasteiger partial charge in [-0.15, -0.1) is 0 Å². The fourth-order valence-corrected chi connectivity index (χ4v) is 3.01. The number of fused-ring (bicyclic) bond motifs is 1. The van der Waals surface area contributed by atoms with Gasteiger partial charge < -0.3 is 16.2 Å². The number of benzene rings is 2. The van der Waals surface area contributed by atoms with Gasteiger partial charge >= 0.3 is 0 Å². The minimum absolute atomic E-state index is 0.0382. The number of halogens is 5. The van der Waals surface area contributed by atoms with Crippen LogP contribution in [-0.4, -0.2) is 26.3 Å². The van der Waals surface area contributed by atoms with E-state index in [1.54, 1.807) is 0 Å². The maximum absolute atomic E-state index is 14.9. The molecule has 0 aliphatic heterocycles. The van der Waals surface area contributed by atoms with Gasteiger partial charge in [-0.2, -0.15) is 13.9 Å². The normalized spacial score (nSPS) is 11.3. The second kappa shape index (κ2) is 7.80. The largest absolute Gasteiger partial charge is 0.451 e. The molecule has 2 aromatic carbocycles. The average molecular weight is 436 g/mol. The zero-order chi connectivity index (χ0) is 22.3. The van der Waals surface area contributed by atoms with Crippen LogP contribution in [0.15, 0.2) is 30.6 Å². The predicted octanol–water partition coefficient (Wildman–Crippen LogP) is 3.52. The summed E-state index contributed by atoms with van der Waals surface area (Å²) < 4.78 is 75.5. The molecule has 7 nitrogen and oxygen atoms in total. The fourth-order valence-electron chi connectivity index (χ4n) is 3.01. The minimum atomic E-state index is -1.75. The van der Waals surface area contributed by atoms with Crippen molar-refractivity contribution >= 4 is 16.9 Å². The van der Waals surface area contributed by atoms with Crippen molar-refractivity contribution in [1.82, 2.24) is 19.7 Å². The Morgan fingerprint density at radius 3 is 2.29 bits per heavy atom. The number of nitrogen functional groups attached to an aromatic ring is 1. The average Bonchev–Trinajstić information content (AvgIpc) is 3.10. The van der Waals surface area contributed by atoms with Crippen LogP contribution in [0.25, 0.3) is 22.3 Å². The number of anilines is 1. The molecule has 0 atom stereocenters. The van der Waals surface area contributed by atoms with Crippen LogP contribution in [0.1, 0.15) is 0 Å². The van der Waals surface area contributed by atoms with Gasteiger partial charge in [0.2, 0.25) is 17.4 Å². The van der Waals surface area contributed by atoms with Crippen LogP contribution in [0.4, 0.5) is 27.8 Å². The van der Waals surface area contributed by atoms with E-state index in [1.807, 2.05) is 0 Å². The van der Waals surface area contributed by atoms with Gasteiger partial charge in [-0.25, -0.2) is 27.8 Å². The lowest BCUT2D eigenvalue weighted by molar-refractivity contribution is 0.365. The molecule has 4 aromatic rings. The molecule has 0 saturated heterocycles. The van der Waals surface area contributed by atoms with Crippen LogP contribution in [0, 0.1) is 29.1 Å². The predicted molar refractivity (Wildman–Crippen MR) is 101 cm³/mol. The number of hydrogen-bond acceptors (Lipinski definition) is 6. The summed E-state index contributed by atoms with van der Waals surface area (Å²) in [6.07, 6.45) is 1.23. The first-order chi connectivity index (χ1) is 14.8. The summed E-state index contributed by atoms with van der Waals surface area (Å²) in [6.45, 7) is 0.510. The van der Waals surface area contributed by atoms with Gasteiger partial charge in [0, 0.05) is 24.2 Å². The quantitative estimate of drug-likeness (QED) is 0.366. The maximum Gasteiger partial charge on any atom is 0.204 e. The van der Waals surface area contributed by atoms with Crippen molar-refractivity contribution in [2.24, 2.45) is 5.73 Å². The van der Waals surface area contributed by atoms with Gasteiger partial charge in [0.25, 0.3) is 0 Å². The standard InChI is InChI=1S/C19H13F5N6O/c20-10-5-8(31-17-14(23)11(21)6-12(22)15(17)24)1-2-9(10)16-13-18(26)27-7-28-19(13)30(29-16)4-3-25/h1-2,5-7H,3-4,25H2,(H2,26,27,28). The SMILES string of the molecule is NCCn1nc(-c2ccc(Oc3c(F)c(F)cc(F)c3F)cc2F)c2c(N)ncnc21. The molecule has 12 heteroatoms. The van der Waals surface area contributed by atoms with Crippen LogP contribution in [0.3, 0.4) is 0 Å². The summed E-state index contributed by atoms with van der Waals surface area (Å²) >= 11 is 0. The Bertz CT molecular complexity index is 1280. The zero-order valence-electron chi connectivity index (χ0n) is 15.5. The highest BCUT2D eigenvalue weighted by atomic mass is 19.2. The van der Waals surface area contributed by atoms with Gasteiger partial charge in [0.15, 0.2) is 17.3 Å². The highest BCUT2D eigenvalue weighted by Crippen LogP contribution is 2.35. The fraction of sp³-hybridized carbons (Fsp3) is 0.105. The summed E-state index contributed by atoms with van der Waals surface area (Å²) in [4.78, 5) is 7.98. The number of rotatable bonds is 5. The molecular formula is C19H13F5N6O. The van der Waals surface area contributed by atoms with Crippen molar-refractivity contribution in [3.05, 3.63) is 59.7 Å². The monoisotopic (exact) mass is 436 g/mol. The van der Waals surface area contributed by atoms with Crippen LogP contribution < -0.4 is 16.2 Å². The van der Waals surface area contributed by atoms with Gasteiger partial charge in [0.05, 0.1) is 11.9 Å². The first-order valence-corrected chi connectivity index (χ1v) is 8.79. The molecule has 0 unspecified atom stereocenters. The van der Waals surface area contributed by atoms with E-state index in [2.05, 4.69) is 15.1 Å². The summed E-state index contributed by atoms with van der Waals surface area (Å²) in [7, 11) is 0. The number of nitrogens with two attached hydrogens (primary N) is 2. The number of hydrogen-bond donors (Lipinski definition) is 2. The lowest BCUT2D eigenvalue weighted by Crippen LogP contribution is -2.11. The zero-order valence-corrected chi connectivity index (χ0v) is 15.5. The Labute approximate surface area is 171 Å². The summed E-state index contributed by atoms with van der Waals surface area (Å²) in [5, 5.41) is 4.58. The van der Waals surface area contributed by atoms with Crippen LogP contribution >= 0.6 is 0 Å². The topological polar surface area (TPSA) is 105 Å². The molecule has 4 rings (SSSR count). The molecule has 2 aromatic heterocycles. The van der Waals surface area contributed by atoms with Crippen molar-refractivity contribution < 1.29 is 26.7 Å². The summed E-state index contributed by atoms with van der Waals surface area (Å²) in [5.41, 5.74) is 11.9. The van der Waals surface area contributed by atoms with Crippen molar-refractivity contribution in [1.29, 1.82) is 0 Å². The van der Waals surface area contributed by atoms with E-state index in [1.165, 1.54) is 17.1 Å². The first kappa shape index (κ1) is 20.5. The Morgan fingerprint density at radius 2 is 1.65 bits per heavy atom. The van der Waals surface area contributed by atoms with Gasteiger partial charge in [-0.1, -0.05) is 0 Å². The highest BCUT2D eigenvalue weighted by molar-refractivity contribution is 5.98. The minimum Gasteiger partial charge on any atom is -0.451 e. The van der Waals surface area contributed by atoms with E-state index in [-0.39, 0.29) is 41.6 Å². The Kier molecular flexibility index (Phi) is 5.15. The van der Waals surface area contributed by atoms with Gasteiger partial charge in [-0.3, -0.25) is 0 Å². The van der Waals surface area contributed by atoms with E-state index in [4.69, 9.17) is 16.2 Å². The molecule has 0 spiro atoms. The number of nitrogens with zero attached hydrogens (tertiary/aromatic N) is 4. The van der Waals surface area contributed by atoms with Crippen molar-refractivity contribution in [3.63, 3.8) is 0 Å². The van der Waals surface area contributed by atoms with E-state index in [0.717, 1.165) is 12.1 Å². The molecule has 0 fully saturated rings. The van der Waals surface area contributed by atoms with Gasteiger partial charge in [-0.05, 0) is 12.1 Å². The molecule has 0 saturated carbocycles. The van der Waals surface area contributed by atoms with Crippen molar-refractivity contribution in [2.75, 3.05) is 12.3 Å². The number of aromatic nitrogens is 4. The van der Waals surface area contributed by atoms with E-state index in [0.29, 0.717) is 5.65 Å². The molecule has 0 aliphatic carbocycles. The molecule has 2 heterocycles. The van der Waals surface area contributed by atoms with Crippen LogP contribution in [0.5, 0.6) is 11.5 Å². The van der Waals surface area contributed by atoms with Gasteiger partial charge in [0.1, 0.15) is 29.4 Å². The third-order valence-electron chi connectivity index (χ3n) is 4.39. The third-order valence-corrected chi connectivity index (χ3v) is 4.39. The Balaban J connectivity index is 1.78. The van der Waals surface area contributed by atoms with Crippen molar-refractivity contribution in [3.8, 4) is 22.8 Å². The highest BCUT2D eigenvalue weighted by Gasteiger charge is 2.23. The third kappa shape index (κ3) is 3.50. The molecule has 0 bridgehead atoms.